The second-order valence-corrected chi connectivity index (χ2v) is 2.59. The molecule has 0 radical (unpaired) electrons. The molecule has 0 fully saturated rings. The first-order valence-corrected chi connectivity index (χ1v) is 3.84. The number of hydrogen-bond donors (Lipinski definition) is 1. The van der Waals surface area contributed by atoms with Gasteiger partial charge < -0.3 is 5.32 Å². The molecular weight excluding hydrogens is 210 g/mol. The number of nitro groups is 1. The molecule has 0 heterocycles. The zero-order valence-electron chi connectivity index (χ0n) is 7.31. The van der Waals surface area contributed by atoms with Gasteiger partial charge in [0.15, 0.2) is 0 Å². The molecule has 0 spiro atoms. The predicted molar refractivity (Wildman–Crippen MR) is 47.7 cm³/mol. The van der Waals surface area contributed by atoms with E-state index in [0.29, 0.717) is 0 Å². The van der Waals surface area contributed by atoms with Crippen LogP contribution in [0, 0.1) is 10.1 Å². The van der Waals surface area contributed by atoms with Crippen LogP contribution < -0.4 is 5.32 Å². The van der Waals surface area contributed by atoms with Crippen molar-refractivity contribution in [2.24, 2.45) is 0 Å². The first-order valence-electron chi connectivity index (χ1n) is 3.84. The second-order valence-electron chi connectivity index (χ2n) is 2.59. The first kappa shape index (κ1) is 11.0. The quantitative estimate of drug-likeness (QED) is 0.618. The predicted octanol–water partition coefficient (Wildman–Crippen LogP) is 1.80. The van der Waals surface area contributed by atoms with Gasteiger partial charge in [-0.05, 0) is 12.1 Å². The number of benzene rings is 1. The average Bonchev–Trinajstić information content (AvgIpc) is 2.18. The third-order valence-electron chi connectivity index (χ3n) is 1.54. The van der Waals surface area contributed by atoms with Gasteiger partial charge in [-0.15, -0.1) is 0 Å². The highest BCUT2D eigenvalue weighted by molar-refractivity contribution is 5.93. The number of nitro benzene ring substituents is 1. The first-order chi connectivity index (χ1) is 7.00. The van der Waals surface area contributed by atoms with Gasteiger partial charge in [0.05, 0.1) is 4.92 Å². The highest BCUT2D eigenvalue weighted by Gasteiger charge is 2.15. The Balaban J connectivity index is 2.73. The molecule has 1 aromatic rings. The molecular formula is C8H6F2N2O3. The number of alkyl halides is 2. The van der Waals surface area contributed by atoms with E-state index in [1.807, 2.05) is 5.32 Å². The molecule has 0 aliphatic carbocycles. The Hall–Kier alpha value is -2.05. The van der Waals surface area contributed by atoms with E-state index in [1.54, 1.807) is 0 Å². The number of nitrogens with zero attached hydrogens (tertiary/aromatic N) is 1. The molecule has 0 aliphatic rings. The molecule has 0 saturated heterocycles. The Morgan fingerprint density at radius 1 is 1.33 bits per heavy atom. The molecule has 15 heavy (non-hydrogen) atoms. The van der Waals surface area contributed by atoms with Crippen molar-refractivity contribution in [3.05, 3.63) is 34.4 Å². The zero-order chi connectivity index (χ0) is 11.4. The maximum atomic E-state index is 11.8. The number of halogens is 2. The van der Waals surface area contributed by atoms with Gasteiger partial charge in [-0.1, -0.05) is 0 Å². The van der Waals surface area contributed by atoms with Crippen molar-refractivity contribution in [1.29, 1.82) is 0 Å². The fourth-order valence-electron chi connectivity index (χ4n) is 0.863. The summed E-state index contributed by atoms with van der Waals surface area (Å²) in [5.41, 5.74) is -0.0871. The average molecular weight is 216 g/mol. The van der Waals surface area contributed by atoms with Crippen LogP contribution in [0.5, 0.6) is 0 Å². The minimum absolute atomic E-state index is 0.0888. The van der Waals surface area contributed by atoms with Crippen LogP contribution in [0.4, 0.5) is 20.2 Å². The number of hydrogen-bond acceptors (Lipinski definition) is 3. The summed E-state index contributed by atoms with van der Waals surface area (Å²) < 4.78 is 23.6. The van der Waals surface area contributed by atoms with Crippen LogP contribution in [0.3, 0.4) is 0 Å². The van der Waals surface area contributed by atoms with Crippen molar-refractivity contribution >= 4 is 17.3 Å². The SMILES string of the molecule is O=C(Nc1ccc([N+](=O)[O-])cc1)C(F)F. The van der Waals surface area contributed by atoms with Gasteiger partial charge in [0.25, 0.3) is 11.6 Å². The van der Waals surface area contributed by atoms with Gasteiger partial charge in [-0.2, -0.15) is 8.78 Å². The summed E-state index contributed by atoms with van der Waals surface area (Å²) >= 11 is 0. The van der Waals surface area contributed by atoms with Crippen molar-refractivity contribution in [3.63, 3.8) is 0 Å². The van der Waals surface area contributed by atoms with Crippen molar-refractivity contribution in [1.82, 2.24) is 0 Å². The highest BCUT2D eigenvalue weighted by Crippen LogP contribution is 2.15. The lowest BCUT2D eigenvalue weighted by atomic mass is 10.3. The topological polar surface area (TPSA) is 72.2 Å². The smallest absolute Gasteiger partial charge is 0.315 e. The van der Waals surface area contributed by atoms with E-state index in [-0.39, 0.29) is 11.4 Å². The molecule has 0 bridgehead atoms. The van der Waals surface area contributed by atoms with Crippen LogP contribution in [0.1, 0.15) is 0 Å². The highest BCUT2D eigenvalue weighted by atomic mass is 19.3. The Bertz CT molecular complexity index is 378. The zero-order valence-corrected chi connectivity index (χ0v) is 7.31. The van der Waals surface area contributed by atoms with Gasteiger partial charge in [0, 0.05) is 17.8 Å². The Kier molecular flexibility index (Phi) is 3.27. The number of anilines is 1. The summed E-state index contributed by atoms with van der Waals surface area (Å²) in [6, 6.07) is 4.58. The Morgan fingerprint density at radius 2 is 1.87 bits per heavy atom. The maximum absolute atomic E-state index is 11.8. The normalized spacial score (nSPS) is 10.1. The lowest BCUT2D eigenvalue weighted by Crippen LogP contribution is -2.19. The van der Waals surface area contributed by atoms with Crippen LogP contribution in [-0.4, -0.2) is 17.3 Å². The third kappa shape index (κ3) is 2.97. The van der Waals surface area contributed by atoms with E-state index in [9.17, 15) is 23.7 Å². The van der Waals surface area contributed by atoms with E-state index >= 15 is 0 Å². The van der Waals surface area contributed by atoms with E-state index in [4.69, 9.17) is 0 Å². The van der Waals surface area contributed by atoms with Gasteiger partial charge in [-0.25, -0.2) is 0 Å². The molecule has 0 saturated carbocycles. The summed E-state index contributed by atoms with van der Waals surface area (Å²) in [6.45, 7) is 0. The van der Waals surface area contributed by atoms with Crippen LogP contribution in [-0.2, 0) is 4.79 Å². The van der Waals surface area contributed by atoms with Crippen molar-refractivity contribution in [3.8, 4) is 0 Å². The number of carbonyl (C=O) groups is 1. The van der Waals surface area contributed by atoms with E-state index in [1.165, 1.54) is 12.1 Å². The van der Waals surface area contributed by atoms with Crippen molar-refractivity contribution < 1.29 is 18.5 Å². The van der Waals surface area contributed by atoms with Crippen LogP contribution in [0.2, 0.25) is 0 Å². The monoisotopic (exact) mass is 216 g/mol. The number of nitrogens with one attached hydrogen (secondary N) is 1. The molecule has 5 nitrogen and oxygen atoms in total. The third-order valence-corrected chi connectivity index (χ3v) is 1.54. The Morgan fingerprint density at radius 3 is 2.27 bits per heavy atom. The minimum Gasteiger partial charge on any atom is -0.321 e. The summed E-state index contributed by atoms with van der Waals surface area (Å²) in [6.07, 6.45) is -3.11. The standard InChI is InChI=1S/C8H6F2N2O3/c9-7(10)8(13)11-5-1-3-6(4-2-5)12(14)15/h1-4,7H,(H,11,13). The van der Waals surface area contributed by atoms with Crippen molar-refractivity contribution in [2.45, 2.75) is 6.43 Å². The summed E-state index contributed by atoms with van der Waals surface area (Å²) in [7, 11) is 0. The molecule has 1 N–H and O–H groups in total. The number of carbonyl (C=O) groups excluding carboxylic acids is 1. The van der Waals surface area contributed by atoms with Crippen LogP contribution in [0.25, 0.3) is 0 Å². The van der Waals surface area contributed by atoms with Crippen LogP contribution >= 0.6 is 0 Å². The Labute approximate surface area is 82.9 Å². The molecule has 0 aliphatic heterocycles. The summed E-state index contributed by atoms with van der Waals surface area (Å²) in [4.78, 5) is 20.2. The molecule has 0 atom stereocenters. The van der Waals surface area contributed by atoms with Crippen molar-refractivity contribution in [2.75, 3.05) is 5.32 Å². The van der Waals surface area contributed by atoms with Crippen LogP contribution in [0.15, 0.2) is 24.3 Å². The van der Waals surface area contributed by atoms with Gasteiger partial charge in [0.1, 0.15) is 0 Å². The largest absolute Gasteiger partial charge is 0.321 e. The maximum Gasteiger partial charge on any atom is 0.315 e. The van der Waals surface area contributed by atoms with E-state index in [2.05, 4.69) is 0 Å². The fraction of sp³-hybridized carbons (Fsp3) is 0.125. The lowest BCUT2D eigenvalue weighted by Gasteiger charge is -2.02. The van der Waals surface area contributed by atoms with E-state index < -0.39 is 17.3 Å². The van der Waals surface area contributed by atoms with E-state index in [0.717, 1.165) is 12.1 Å². The molecule has 1 rings (SSSR count). The molecule has 0 aromatic heterocycles. The minimum atomic E-state index is -3.11. The summed E-state index contributed by atoms with van der Waals surface area (Å²) in [5, 5.41) is 12.1. The second kappa shape index (κ2) is 4.45. The van der Waals surface area contributed by atoms with Gasteiger partial charge in [-0.3, -0.25) is 14.9 Å². The molecule has 0 unspecified atom stereocenters. The fourth-order valence-corrected chi connectivity index (χ4v) is 0.863. The number of amides is 1. The molecule has 80 valence electrons. The van der Waals surface area contributed by atoms with Gasteiger partial charge in [0.2, 0.25) is 0 Å². The van der Waals surface area contributed by atoms with Gasteiger partial charge >= 0.3 is 6.43 Å². The molecule has 1 amide bonds. The number of non-ortho nitro benzene ring substituents is 1. The summed E-state index contributed by atoms with van der Waals surface area (Å²) in [5.74, 6) is -1.44. The molecule has 1 aromatic carbocycles. The lowest BCUT2D eigenvalue weighted by molar-refractivity contribution is -0.384. The molecule has 7 heteroatoms. The number of rotatable bonds is 3.